The lowest BCUT2D eigenvalue weighted by atomic mass is 9.98. The second-order valence-corrected chi connectivity index (χ2v) is 6.70. The normalized spacial score (nSPS) is 15.3. The van der Waals surface area contributed by atoms with Gasteiger partial charge < -0.3 is 9.47 Å². The standard InChI is InChI=1S/C11H20O2.C10H16O2/c1-4-7-8-10(5-2)9-13-11(12)6-3;1-8(2)10(11)12-9-6-4-3-5-7-9/h6,10H,3-5,7-9H2,1-2H3;9H,1,3-7H2,2H3. The summed E-state index contributed by atoms with van der Waals surface area (Å²) in [4.78, 5) is 21.9. The van der Waals surface area contributed by atoms with Crippen molar-refractivity contribution in [2.75, 3.05) is 6.61 Å². The fourth-order valence-corrected chi connectivity index (χ4v) is 2.59. The van der Waals surface area contributed by atoms with Gasteiger partial charge in [0, 0.05) is 11.6 Å². The topological polar surface area (TPSA) is 52.6 Å². The number of hydrogen-bond acceptors (Lipinski definition) is 4. The zero-order valence-corrected chi connectivity index (χ0v) is 16.4. The summed E-state index contributed by atoms with van der Waals surface area (Å²) in [7, 11) is 0. The van der Waals surface area contributed by atoms with Crippen LogP contribution in [0.25, 0.3) is 0 Å². The van der Waals surface area contributed by atoms with Crippen LogP contribution in [0.1, 0.15) is 78.6 Å². The number of carbonyl (C=O) groups is 2. The first-order valence-electron chi connectivity index (χ1n) is 9.60. The van der Waals surface area contributed by atoms with Crippen LogP contribution in [0, 0.1) is 5.92 Å². The molecule has 1 unspecified atom stereocenters. The van der Waals surface area contributed by atoms with Gasteiger partial charge in [-0.25, -0.2) is 9.59 Å². The van der Waals surface area contributed by atoms with Crippen LogP contribution in [-0.2, 0) is 19.1 Å². The van der Waals surface area contributed by atoms with Crippen molar-refractivity contribution < 1.29 is 19.1 Å². The lowest BCUT2D eigenvalue weighted by Gasteiger charge is -2.21. The zero-order valence-electron chi connectivity index (χ0n) is 16.4. The van der Waals surface area contributed by atoms with Crippen LogP contribution in [0.15, 0.2) is 24.8 Å². The summed E-state index contributed by atoms with van der Waals surface area (Å²) in [5.41, 5.74) is 0.501. The number of esters is 2. The quantitative estimate of drug-likeness (QED) is 0.413. The zero-order chi connectivity index (χ0) is 19.1. The van der Waals surface area contributed by atoms with Gasteiger partial charge in [-0.15, -0.1) is 0 Å². The Kier molecular flexibility index (Phi) is 13.8. The van der Waals surface area contributed by atoms with Crippen molar-refractivity contribution in [1.82, 2.24) is 0 Å². The van der Waals surface area contributed by atoms with E-state index < -0.39 is 0 Å². The van der Waals surface area contributed by atoms with Crippen molar-refractivity contribution in [3.8, 4) is 0 Å². The van der Waals surface area contributed by atoms with E-state index in [4.69, 9.17) is 9.47 Å². The van der Waals surface area contributed by atoms with E-state index in [-0.39, 0.29) is 18.0 Å². The molecule has 0 aliphatic heterocycles. The monoisotopic (exact) mass is 352 g/mol. The molecule has 0 N–H and O–H groups in total. The molecule has 4 nitrogen and oxygen atoms in total. The summed E-state index contributed by atoms with van der Waals surface area (Å²) in [5.74, 6) is -0.0271. The maximum atomic E-state index is 11.1. The summed E-state index contributed by atoms with van der Waals surface area (Å²) in [6, 6.07) is 0. The number of rotatable bonds is 9. The van der Waals surface area contributed by atoms with E-state index in [2.05, 4.69) is 27.0 Å². The Morgan fingerprint density at radius 3 is 2.32 bits per heavy atom. The first-order chi connectivity index (χ1) is 11.9. The summed E-state index contributed by atoms with van der Waals surface area (Å²) in [6.45, 7) is 13.4. The molecule has 1 aliphatic carbocycles. The molecule has 0 bridgehead atoms. The molecule has 0 radical (unpaired) electrons. The molecule has 0 spiro atoms. The first-order valence-corrected chi connectivity index (χ1v) is 9.60. The summed E-state index contributed by atoms with van der Waals surface area (Å²) >= 11 is 0. The van der Waals surface area contributed by atoms with Gasteiger partial charge in [0.05, 0.1) is 6.61 Å². The highest BCUT2D eigenvalue weighted by molar-refractivity contribution is 5.87. The van der Waals surface area contributed by atoms with Crippen molar-refractivity contribution >= 4 is 11.9 Å². The van der Waals surface area contributed by atoms with Crippen molar-refractivity contribution in [2.24, 2.45) is 5.92 Å². The molecule has 25 heavy (non-hydrogen) atoms. The predicted octanol–water partition coefficient (Wildman–Crippen LogP) is 5.37. The minimum absolute atomic E-state index is 0.156. The Morgan fingerprint density at radius 1 is 1.20 bits per heavy atom. The van der Waals surface area contributed by atoms with Crippen molar-refractivity contribution in [3.05, 3.63) is 24.8 Å². The molecule has 1 atom stereocenters. The van der Waals surface area contributed by atoms with Crippen molar-refractivity contribution in [1.29, 1.82) is 0 Å². The molecule has 0 aromatic heterocycles. The molecule has 1 fully saturated rings. The Bertz CT molecular complexity index is 408. The SMILES string of the molecule is C=C(C)C(=O)OC1CCCCC1.C=CC(=O)OCC(CC)CCCC. The highest BCUT2D eigenvalue weighted by Gasteiger charge is 2.17. The lowest BCUT2D eigenvalue weighted by Crippen LogP contribution is -2.20. The molecule has 0 aromatic carbocycles. The predicted molar refractivity (Wildman–Crippen MR) is 102 cm³/mol. The van der Waals surface area contributed by atoms with E-state index in [1.54, 1.807) is 6.92 Å². The van der Waals surface area contributed by atoms with E-state index in [0.29, 0.717) is 18.1 Å². The number of unbranched alkanes of at least 4 members (excludes halogenated alkanes) is 1. The molecule has 4 heteroatoms. The van der Waals surface area contributed by atoms with E-state index in [9.17, 15) is 9.59 Å². The summed E-state index contributed by atoms with van der Waals surface area (Å²) < 4.78 is 10.2. The van der Waals surface area contributed by atoms with Crippen LogP contribution < -0.4 is 0 Å². The van der Waals surface area contributed by atoms with Gasteiger partial charge in [-0.2, -0.15) is 0 Å². The third-order valence-electron chi connectivity index (χ3n) is 4.35. The third kappa shape index (κ3) is 12.4. The van der Waals surface area contributed by atoms with Crippen LogP contribution in [0.3, 0.4) is 0 Å². The molecule has 0 saturated heterocycles. The fourth-order valence-electron chi connectivity index (χ4n) is 2.59. The van der Waals surface area contributed by atoms with Crippen LogP contribution in [-0.4, -0.2) is 24.6 Å². The van der Waals surface area contributed by atoms with Gasteiger partial charge in [0.15, 0.2) is 0 Å². The third-order valence-corrected chi connectivity index (χ3v) is 4.35. The highest BCUT2D eigenvalue weighted by atomic mass is 16.5. The van der Waals surface area contributed by atoms with Gasteiger partial charge in [-0.05, 0) is 44.9 Å². The molecule has 1 aliphatic rings. The van der Waals surface area contributed by atoms with Crippen LogP contribution >= 0.6 is 0 Å². The van der Waals surface area contributed by atoms with Crippen LogP contribution in [0.2, 0.25) is 0 Å². The van der Waals surface area contributed by atoms with E-state index in [1.807, 2.05) is 0 Å². The Hall–Kier alpha value is -1.58. The maximum Gasteiger partial charge on any atom is 0.333 e. The van der Waals surface area contributed by atoms with E-state index in [0.717, 1.165) is 25.7 Å². The minimum atomic E-state index is -0.310. The average molecular weight is 353 g/mol. The molecular formula is C21H36O4. The second kappa shape index (κ2) is 14.7. The number of hydrogen-bond donors (Lipinski definition) is 0. The molecule has 0 aromatic rings. The fraction of sp³-hybridized carbons (Fsp3) is 0.714. The number of ether oxygens (including phenoxy) is 2. The van der Waals surface area contributed by atoms with E-state index in [1.165, 1.54) is 38.2 Å². The van der Waals surface area contributed by atoms with Crippen LogP contribution in [0.5, 0.6) is 0 Å². The maximum absolute atomic E-state index is 11.1. The average Bonchev–Trinajstić information content (AvgIpc) is 2.63. The largest absolute Gasteiger partial charge is 0.462 e. The van der Waals surface area contributed by atoms with Crippen molar-refractivity contribution in [3.63, 3.8) is 0 Å². The smallest absolute Gasteiger partial charge is 0.333 e. The molecule has 1 rings (SSSR count). The minimum Gasteiger partial charge on any atom is -0.462 e. The molecule has 144 valence electrons. The Balaban J connectivity index is 0.000000462. The number of carbonyl (C=O) groups excluding carboxylic acids is 2. The summed E-state index contributed by atoms with van der Waals surface area (Å²) in [6.07, 6.45) is 11.7. The Labute approximate surface area is 153 Å². The second-order valence-electron chi connectivity index (χ2n) is 6.70. The molecule has 1 saturated carbocycles. The van der Waals surface area contributed by atoms with Gasteiger partial charge in [-0.3, -0.25) is 0 Å². The summed E-state index contributed by atoms with van der Waals surface area (Å²) in [5, 5.41) is 0. The lowest BCUT2D eigenvalue weighted by molar-refractivity contribution is -0.145. The molecule has 0 amide bonds. The van der Waals surface area contributed by atoms with Crippen LogP contribution in [0.4, 0.5) is 0 Å². The van der Waals surface area contributed by atoms with Gasteiger partial charge >= 0.3 is 11.9 Å². The highest BCUT2D eigenvalue weighted by Crippen LogP contribution is 2.20. The van der Waals surface area contributed by atoms with Gasteiger partial charge in [0.25, 0.3) is 0 Å². The molecular weight excluding hydrogens is 316 g/mol. The Morgan fingerprint density at radius 2 is 1.84 bits per heavy atom. The first kappa shape index (κ1) is 23.4. The van der Waals surface area contributed by atoms with Gasteiger partial charge in [0.1, 0.15) is 6.10 Å². The van der Waals surface area contributed by atoms with Gasteiger partial charge in [-0.1, -0.05) is 52.7 Å². The molecule has 0 heterocycles. The van der Waals surface area contributed by atoms with Crippen molar-refractivity contribution in [2.45, 2.75) is 84.7 Å². The van der Waals surface area contributed by atoms with E-state index >= 15 is 0 Å². The van der Waals surface area contributed by atoms with Gasteiger partial charge in [0.2, 0.25) is 0 Å².